The smallest absolute Gasteiger partial charge is 0.252 e. The van der Waals surface area contributed by atoms with Crippen LogP contribution in [0.15, 0.2) is 22.8 Å². The van der Waals surface area contributed by atoms with E-state index in [0.717, 1.165) is 0 Å². The van der Waals surface area contributed by atoms with Crippen LogP contribution in [0.2, 0.25) is 0 Å². The first-order valence-corrected chi connectivity index (χ1v) is 3.31. The first-order chi connectivity index (χ1) is 5.29. The number of hydrogen-bond donors (Lipinski definition) is 2. The van der Waals surface area contributed by atoms with Crippen molar-refractivity contribution in [1.82, 2.24) is 5.32 Å². The fraction of sp³-hybridized carbons (Fsp3) is 0.286. The summed E-state index contributed by atoms with van der Waals surface area (Å²) in [4.78, 5) is 10.5. The van der Waals surface area contributed by atoms with E-state index in [2.05, 4.69) is 5.32 Å². The van der Waals surface area contributed by atoms with Gasteiger partial charge in [-0.15, -0.1) is 0 Å². The van der Waals surface area contributed by atoms with Crippen molar-refractivity contribution < 1.29 is 14.3 Å². The van der Waals surface area contributed by atoms with Crippen molar-refractivity contribution in [2.45, 2.75) is 12.1 Å². The molecule has 1 aliphatic heterocycles. The average Bonchev–Trinajstić information content (AvgIpc) is 2.51. The number of furan rings is 1. The predicted molar refractivity (Wildman–Crippen MR) is 35.6 cm³/mol. The zero-order valence-electron chi connectivity index (χ0n) is 5.65. The molecule has 1 fully saturated rings. The second kappa shape index (κ2) is 2.10. The molecule has 2 atom stereocenters. The number of nitrogens with one attached hydrogen (secondary N) is 1. The molecule has 1 aromatic heterocycles. The molecule has 11 heavy (non-hydrogen) atoms. The molecule has 0 spiro atoms. The Morgan fingerprint density at radius 3 is 2.91 bits per heavy atom. The number of carbonyl (C=O) groups is 1. The van der Waals surface area contributed by atoms with Gasteiger partial charge in [0.15, 0.2) is 6.10 Å². The van der Waals surface area contributed by atoms with E-state index in [0.29, 0.717) is 5.76 Å². The number of rotatable bonds is 1. The maximum atomic E-state index is 10.5. The van der Waals surface area contributed by atoms with Crippen LogP contribution in [0.25, 0.3) is 0 Å². The third kappa shape index (κ3) is 0.832. The molecule has 58 valence electrons. The highest BCUT2D eigenvalue weighted by atomic mass is 16.3. The van der Waals surface area contributed by atoms with Gasteiger partial charge in [-0.05, 0) is 12.1 Å². The van der Waals surface area contributed by atoms with Crippen molar-refractivity contribution in [3.05, 3.63) is 24.2 Å². The van der Waals surface area contributed by atoms with Crippen LogP contribution >= 0.6 is 0 Å². The molecule has 0 radical (unpaired) electrons. The molecule has 0 bridgehead atoms. The molecule has 4 heteroatoms. The Bertz CT molecular complexity index is 267. The second-order valence-electron chi connectivity index (χ2n) is 2.45. The molecule has 2 N–H and O–H groups in total. The number of β-lactam (4-membered cyclic amide) rings is 1. The molecule has 2 heterocycles. The average molecular weight is 153 g/mol. The van der Waals surface area contributed by atoms with Gasteiger partial charge in [-0.25, -0.2) is 0 Å². The van der Waals surface area contributed by atoms with Gasteiger partial charge in [-0.2, -0.15) is 0 Å². The van der Waals surface area contributed by atoms with Crippen molar-refractivity contribution in [3.63, 3.8) is 0 Å². The zero-order valence-corrected chi connectivity index (χ0v) is 5.65. The molecule has 1 saturated heterocycles. The van der Waals surface area contributed by atoms with Gasteiger partial charge in [0.25, 0.3) is 5.91 Å². The van der Waals surface area contributed by atoms with Gasteiger partial charge >= 0.3 is 0 Å². The number of carbonyl (C=O) groups excluding carboxylic acids is 1. The van der Waals surface area contributed by atoms with Gasteiger partial charge in [0, 0.05) is 0 Å². The van der Waals surface area contributed by atoms with E-state index < -0.39 is 6.10 Å². The predicted octanol–water partition coefficient (Wildman–Crippen LogP) is -0.189. The number of amides is 1. The van der Waals surface area contributed by atoms with E-state index in [1.807, 2.05) is 0 Å². The van der Waals surface area contributed by atoms with Gasteiger partial charge in [0.2, 0.25) is 0 Å². The van der Waals surface area contributed by atoms with Gasteiger partial charge in [-0.3, -0.25) is 4.79 Å². The minimum atomic E-state index is -0.943. The van der Waals surface area contributed by atoms with Crippen molar-refractivity contribution in [2.75, 3.05) is 0 Å². The normalized spacial score (nSPS) is 29.4. The quantitative estimate of drug-likeness (QED) is 0.550. The molecule has 0 aliphatic carbocycles. The van der Waals surface area contributed by atoms with Crippen molar-refractivity contribution in [2.24, 2.45) is 0 Å². The fourth-order valence-corrected chi connectivity index (χ4v) is 1.07. The molecule has 1 amide bonds. The molecular formula is C7H7NO3. The van der Waals surface area contributed by atoms with Gasteiger partial charge < -0.3 is 14.8 Å². The first-order valence-electron chi connectivity index (χ1n) is 3.31. The summed E-state index contributed by atoms with van der Waals surface area (Å²) in [5, 5.41) is 11.6. The van der Waals surface area contributed by atoms with Gasteiger partial charge in [0.05, 0.1) is 6.26 Å². The molecule has 1 aromatic rings. The molecule has 0 unspecified atom stereocenters. The number of aliphatic hydroxyl groups is 1. The Labute approximate surface area is 62.8 Å². The molecular weight excluding hydrogens is 146 g/mol. The Balaban J connectivity index is 2.15. The van der Waals surface area contributed by atoms with Crippen LogP contribution in [0.3, 0.4) is 0 Å². The summed E-state index contributed by atoms with van der Waals surface area (Å²) < 4.78 is 4.98. The Hall–Kier alpha value is -1.29. The third-order valence-electron chi connectivity index (χ3n) is 1.73. The summed E-state index contributed by atoms with van der Waals surface area (Å²) >= 11 is 0. The SMILES string of the molecule is O=C1N[C@H](c2ccco2)[C@@H]1O. The highest BCUT2D eigenvalue weighted by Gasteiger charge is 2.40. The van der Waals surface area contributed by atoms with Crippen molar-refractivity contribution in [3.8, 4) is 0 Å². The largest absolute Gasteiger partial charge is 0.467 e. The fourth-order valence-electron chi connectivity index (χ4n) is 1.07. The molecule has 4 nitrogen and oxygen atoms in total. The molecule has 1 aliphatic rings. The molecule has 0 aromatic carbocycles. The minimum absolute atomic E-state index is 0.341. The lowest BCUT2D eigenvalue weighted by molar-refractivity contribution is -0.143. The second-order valence-corrected chi connectivity index (χ2v) is 2.45. The first kappa shape index (κ1) is 6.42. The highest BCUT2D eigenvalue weighted by molar-refractivity contribution is 5.88. The minimum Gasteiger partial charge on any atom is -0.467 e. The van der Waals surface area contributed by atoms with Crippen LogP contribution in [0, 0.1) is 0 Å². The van der Waals surface area contributed by atoms with E-state index in [1.54, 1.807) is 12.1 Å². The van der Waals surface area contributed by atoms with E-state index >= 15 is 0 Å². The Morgan fingerprint density at radius 1 is 1.64 bits per heavy atom. The van der Waals surface area contributed by atoms with Crippen LogP contribution in [-0.2, 0) is 4.79 Å². The van der Waals surface area contributed by atoms with E-state index in [4.69, 9.17) is 9.52 Å². The monoisotopic (exact) mass is 153 g/mol. The summed E-state index contributed by atoms with van der Waals surface area (Å²) in [6, 6.07) is 3.08. The van der Waals surface area contributed by atoms with E-state index in [9.17, 15) is 4.79 Å². The number of hydrogen-bond acceptors (Lipinski definition) is 3. The van der Waals surface area contributed by atoms with E-state index in [-0.39, 0.29) is 11.9 Å². The van der Waals surface area contributed by atoms with Crippen LogP contribution in [0.5, 0.6) is 0 Å². The maximum absolute atomic E-state index is 10.5. The van der Waals surface area contributed by atoms with Crippen LogP contribution in [0.1, 0.15) is 11.8 Å². The summed E-state index contributed by atoms with van der Waals surface area (Å²) in [5.41, 5.74) is 0. The van der Waals surface area contributed by atoms with Gasteiger partial charge in [-0.1, -0.05) is 0 Å². The lowest BCUT2D eigenvalue weighted by Gasteiger charge is -2.30. The maximum Gasteiger partial charge on any atom is 0.252 e. The summed E-state index contributed by atoms with van der Waals surface area (Å²) in [5.74, 6) is 0.253. The summed E-state index contributed by atoms with van der Waals surface area (Å²) in [6.45, 7) is 0. The lowest BCUT2D eigenvalue weighted by atomic mass is 10.0. The van der Waals surface area contributed by atoms with Crippen molar-refractivity contribution in [1.29, 1.82) is 0 Å². The van der Waals surface area contributed by atoms with E-state index in [1.165, 1.54) is 6.26 Å². The van der Waals surface area contributed by atoms with Crippen LogP contribution in [0.4, 0.5) is 0 Å². The van der Waals surface area contributed by atoms with Crippen molar-refractivity contribution >= 4 is 5.91 Å². The zero-order chi connectivity index (χ0) is 7.84. The number of aliphatic hydroxyl groups excluding tert-OH is 1. The highest BCUT2D eigenvalue weighted by Crippen LogP contribution is 2.24. The van der Waals surface area contributed by atoms with Crippen LogP contribution in [-0.4, -0.2) is 17.1 Å². The molecule has 2 rings (SSSR count). The third-order valence-corrected chi connectivity index (χ3v) is 1.73. The Morgan fingerprint density at radius 2 is 2.45 bits per heavy atom. The van der Waals surface area contributed by atoms with Gasteiger partial charge in [0.1, 0.15) is 11.8 Å². The summed E-state index contributed by atoms with van der Waals surface area (Å²) in [7, 11) is 0. The Kier molecular flexibility index (Phi) is 1.22. The summed E-state index contributed by atoms with van der Waals surface area (Å²) in [6.07, 6.45) is 0.563. The topological polar surface area (TPSA) is 62.5 Å². The van der Waals surface area contributed by atoms with Crippen LogP contribution < -0.4 is 5.32 Å². The molecule has 0 saturated carbocycles. The lowest BCUT2D eigenvalue weighted by Crippen LogP contribution is -2.55. The standard InChI is InChI=1S/C7H7NO3/c9-6-5(8-7(6)10)4-2-1-3-11-4/h1-3,5-6,9H,(H,8,10)/t5-,6+/m1/s1.